The first-order valence-electron chi connectivity index (χ1n) is 6.87. The first-order chi connectivity index (χ1) is 10.1. The van der Waals surface area contributed by atoms with Gasteiger partial charge in [-0.2, -0.15) is 0 Å². The van der Waals surface area contributed by atoms with E-state index in [0.717, 1.165) is 12.1 Å². The summed E-state index contributed by atoms with van der Waals surface area (Å²) < 4.78 is 51.8. The number of hydrogen-bond donors (Lipinski definition) is 2. The van der Waals surface area contributed by atoms with E-state index in [4.69, 9.17) is 0 Å². The Balaban J connectivity index is 2.56. The summed E-state index contributed by atoms with van der Waals surface area (Å²) in [4.78, 5) is 11.2. The van der Waals surface area contributed by atoms with Gasteiger partial charge in [0.15, 0.2) is 11.6 Å². The zero-order valence-corrected chi connectivity index (χ0v) is 13.5. The quantitative estimate of drug-likeness (QED) is 0.798. The molecule has 0 saturated heterocycles. The summed E-state index contributed by atoms with van der Waals surface area (Å²) in [6.45, 7) is 5.64. The van der Waals surface area contributed by atoms with Gasteiger partial charge in [0, 0.05) is 19.0 Å². The largest absolute Gasteiger partial charge is 0.353 e. The molecule has 0 heterocycles. The lowest BCUT2D eigenvalue weighted by molar-refractivity contribution is -0.121. The van der Waals surface area contributed by atoms with Crippen LogP contribution in [0.1, 0.15) is 27.2 Å². The van der Waals surface area contributed by atoms with Gasteiger partial charge in [0.25, 0.3) is 0 Å². The maximum atomic E-state index is 13.0. The molecular weight excluding hydrogens is 314 g/mol. The lowest BCUT2D eigenvalue weighted by Crippen LogP contribution is -2.38. The molecule has 0 saturated carbocycles. The van der Waals surface area contributed by atoms with Gasteiger partial charge in [-0.1, -0.05) is 13.8 Å². The fraction of sp³-hybridized carbons (Fsp3) is 0.500. The van der Waals surface area contributed by atoms with Gasteiger partial charge >= 0.3 is 0 Å². The third-order valence-corrected chi connectivity index (χ3v) is 4.69. The van der Waals surface area contributed by atoms with Crippen LogP contribution in [0.3, 0.4) is 0 Å². The number of amides is 1. The summed E-state index contributed by atoms with van der Waals surface area (Å²) in [5.41, 5.74) is 0. The van der Waals surface area contributed by atoms with Gasteiger partial charge < -0.3 is 5.32 Å². The Morgan fingerprint density at radius 1 is 1.18 bits per heavy atom. The summed E-state index contributed by atoms with van der Waals surface area (Å²) in [7, 11) is -3.98. The van der Waals surface area contributed by atoms with E-state index >= 15 is 0 Å². The number of sulfonamides is 1. The Hall–Kier alpha value is -1.54. The Morgan fingerprint density at radius 2 is 1.82 bits per heavy atom. The van der Waals surface area contributed by atoms with Crippen LogP contribution >= 0.6 is 0 Å². The fourth-order valence-corrected chi connectivity index (χ4v) is 2.56. The van der Waals surface area contributed by atoms with Crippen molar-refractivity contribution in [3.63, 3.8) is 0 Å². The molecule has 0 unspecified atom stereocenters. The molecule has 0 radical (unpaired) electrons. The van der Waals surface area contributed by atoms with Crippen LogP contribution in [-0.2, 0) is 14.8 Å². The van der Waals surface area contributed by atoms with Crippen molar-refractivity contribution in [2.45, 2.75) is 38.1 Å². The lowest BCUT2D eigenvalue weighted by atomic mass is 10.1. The van der Waals surface area contributed by atoms with Crippen LogP contribution in [0.15, 0.2) is 23.1 Å². The number of carbonyl (C=O) groups is 1. The van der Waals surface area contributed by atoms with Crippen LogP contribution in [-0.4, -0.2) is 26.9 Å². The summed E-state index contributed by atoms with van der Waals surface area (Å²) in [6.07, 6.45) is -0.0417. The molecule has 8 heteroatoms. The zero-order chi connectivity index (χ0) is 16.9. The molecule has 0 aliphatic carbocycles. The van der Waals surface area contributed by atoms with Gasteiger partial charge in [-0.15, -0.1) is 0 Å². The molecule has 1 rings (SSSR count). The van der Waals surface area contributed by atoms with Crippen LogP contribution in [0.5, 0.6) is 0 Å². The Bertz CT molecular complexity index is 633. The highest BCUT2D eigenvalue weighted by Crippen LogP contribution is 2.13. The highest BCUT2D eigenvalue weighted by Gasteiger charge is 2.17. The van der Waals surface area contributed by atoms with Gasteiger partial charge in [-0.05, 0) is 31.0 Å². The highest BCUT2D eigenvalue weighted by atomic mass is 32.2. The van der Waals surface area contributed by atoms with Crippen molar-refractivity contribution >= 4 is 15.9 Å². The molecule has 0 aliphatic rings. The van der Waals surface area contributed by atoms with E-state index < -0.39 is 21.7 Å². The van der Waals surface area contributed by atoms with Crippen molar-refractivity contribution in [3.8, 4) is 0 Å². The van der Waals surface area contributed by atoms with Crippen LogP contribution in [0.25, 0.3) is 0 Å². The van der Waals surface area contributed by atoms with Crippen LogP contribution in [0.4, 0.5) is 8.78 Å². The van der Waals surface area contributed by atoms with Crippen LogP contribution in [0, 0.1) is 17.6 Å². The maximum Gasteiger partial charge on any atom is 0.240 e. The predicted octanol–water partition coefficient (Wildman–Crippen LogP) is 1.79. The van der Waals surface area contributed by atoms with Crippen LogP contribution in [0.2, 0.25) is 0 Å². The monoisotopic (exact) mass is 334 g/mol. The van der Waals surface area contributed by atoms with E-state index in [1.165, 1.54) is 0 Å². The topological polar surface area (TPSA) is 75.3 Å². The molecule has 2 N–H and O–H groups in total. The molecule has 0 fully saturated rings. The number of carbonyl (C=O) groups excluding carboxylic acids is 1. The molecular formula is C14H20F2N2O3S. The minimum atomic E-state index is -3.98. The SMILES string of the molecule is CC(C)[C@@H](C)NC(=O)CCNS(=O)(=O)c1ccc(F)c(F)c1. The van der Waals surface area contributed by atoms with E-state index in [0.29, 0.717) is 6.07 Å². The minimum Gasteiger partial charge on any atom is -0.353 e. The van der Waals surface area contributed by atoms with Crippen molar-refractivity contribution in [2.75, 3.05) is 6.54 Å². The molecule has 1 atom stereocenters. The molecule has 0 bridgehead atoms. The molecule has 1 aromatic carbocycles. The second-order valence-electron chi connectivity index (χ2n) is 5.32. The Morgan fingerprint density at radius 3 is 2.36 bits per heavy atom. The van der Waals surface area contributed by atoms with Gasteiger partial charge in [-0.25, -0.2) is 21.9 Å². The summed E-state index contributed by atoms with van der Waals surface area (Å²) >= 11 is 0. The lowest BCUT2D eigenvalue weighted by Gasteiger charge is -2.17. The van der Waals surface area contributed by atoms with Crippen molar-refractivity contribution in [1.29, 1.82) is 0 Å². The molecule has 5 nitrogen and oxygen atoms in total. The van der Waals surface area contributed by atoms with Crippen LogP contribution < -0.4 is 10.0 Å². The average Bonchev–Trinajstić information content (AvgIpc) is 2.41. The highest BCUT2D eigenvalue weighted by molar-refractivity contribution is 7.89. The first kappa shape index (κ1) is 18.5. The fourth-order valence-electron chi connectivity index (χ4n) is 1.52. The third-order valence-electron chi connectivity index (χ3n) is 3.23. The van der Waals surface area contributed by atoms with E-state index in [1.54, 1.807) is 0 Å². The predicted molar refractivity (Wildman–Crippen MR) is 78.6 cm³/mol. The smallest absolute Gasteiger partial charge is 0.240 e. The molecule has 1 amide bonds. The first-order valence-corrected chi connectivity index (χ1v) is 8.36. The number of nitrogens with one attached hydrogen (secondary N) is 2. The van der Waals surface area contributed by atoms with E-state index in [1.807, 2.05) is 20.8 Å². The molecule has 1 aromatic rings. The van der Waals surface area contributed by atoms with Gasteiger partial charge in [0.1, 0.15) is 0 Å². The standard InChI is InChI=1S/C14H20F2N2O3S/c1-9(2)10(3)18-14(19)6-7-17-22(20,21)11-4-5-12(15)13(16)8-11/h4-5,8-10,17H,6-7H2,1-3H3,(H,18,19)/t10-/m1/s1. The Labute approximate surface area is 129 Å². The number of halogens is 2. The average molecular weight is 334 g/mol. The van der Waals surface area contributed by atoms with Crippen molar-refractivity contribution < 1.29 is 22.0 Å². The summed E-state index contributed by atoms with van der Waals surface area (Å²) in [5.74, 6) is -2.38. The number of rotatable bonds is 7. The molecule has 0 spiro atoms. The second-order valence-corrected chi connectivity index (χ2v) is 7.09. The minimum absolute atomic E-state index is 0.0182. The zero-order valence-electron chi connectivity index (χ0n) is 12.7. The molecule has 0 aromatic heterocycles. The maximum absolute atomic E-state index is 13.0. The molecule has 22 heavy (non-hydrogen) atoms. The van der Waals surface area contributed by atoms with Crippen molar-refractivity contribution in [1.82, 2.24) is 10.0 Å². The van der Waals surface area contributed by atoms with Crippen molar-refractivity contribution in [2.24, 2.45) is 5.92 Å². The van der Waals surface area contributed by atoms with Crippen molar-refractivity contribution in [3.05, 3.63) is 29.8 Å². The Kier molecular flexibility index (Phi) is 6.43. The van der Waals surface area contributed by atoms with Gasteiger partial charge in [0.2, 0.25) is 15.9 Å². The molecule has 124 valence electrons. The van der Waals surface area contributed by atoms with Gasteiger partial charge in [-0.3, -0.25) is 4.79 Å². The summed E-state index contributed by atoms with van der Waals surface area (Å²) in [5, 5.41) is 2.74. The normalized spacial score (nSPS) is 13.2. The summed E-state index contributed by atoms with van der Waals surface area (Å²) in [6, 6.07) is 2.27. The van der Waals surface area contributed by atoms with E-state index in [9.17, 15) is 22.0 Å². The van der Waals surface area contributed by atoms with E-state index in [-0.39, 0.29) is 35.7 Å². The van der Waals surface area contributed by atoms with E-state index in [2.05, 4.69) is 10.0 Å². The number of benzene rings is 1. The third kappa shape index (κ3) is 5.34. The number of hydrogen-bond acceptors (Lipinski definition) is 3. The molecule has 0 aliphatic heterocycles. The second kappa shape index (κ2) is 7.64. The van der Waals surface area contributed by atoms with Gasteiger partial charge in [0.05, 0.1) is 4.90 Å².